The lowest BCUT2D eigenvalue weighted by Gasteiger charge is -2.14. The third kappa shape index (κ3) is 5.42. The molecule has 0 saturated carbocycles. The lowest BCUT2D eigenvalue weighted by atomic mass is 10.1. The van der Waals surface area contributed by atoms with Crippen molar-refractivity contribution in [3.05, 3.63) is 65.4 Å². The number of hydrogen-bond acceptors (Lipinski definition) is 6. The van der Waals surface area contributed by atoms with Crippen LogP contribution in [0.5, 0.6) is 23.0 Å². The number of aromatic nitrogens is 1. The van der Waals surface area contributed by atoms with Crippen molar-refractivity contribution < 1.29 is 23.5 Å². The van der Waals surface area contributed by atoms with E-state index in [0.29, 0.717) is 45.3 Å². The second-order valence-corrected chi connectivity index (χ2v) is 7.24. The Labute approximate surface area is 201 Å². The number of amides is 2. The molecule has 33 heavy (non-hydrogen) atoms. The highest BCUT2D eigenvalue weighted by molar-refractivity contribution is 6.34. The Hall–Kier alpha value is -3.62. The fourth-order valence-electron chi connectivity index (χ4n) is 3.15. The number of nitrogens with one attached hydrogen (secondary N) is 2. The Kier molecular flexibility index (Phi) is 7.52. The number of rotatable bonds is 6. The van der Waals surface area contributed by atoms with Gasteiger partial charge in [-0.25, -0.2) is 4.79 Å². The zero-order valence-corrected chi connectivity index (χ0v) is 19.5. The molecule has 0 aliphatic rings. The Morgan fingerprint density at radius 2 is 1.73 bits per heavy atom. The third-order valence-corrected chi connectivity index (χ3v) is 4.94. The van der Waals surface area contributed by atoms with Gasteiger partial charge in [0.1, 0.15) is 17.3 Å². The van der Waals surface area contributed by atoms with E-state index < -0.39 is 6.03 Å². The van der Waals surface area contributed by atoms with Gasteiger partial charge in [0.25, 0.3) is 0 Å². The van der Waals surface area contributed by atoms with Crippen molar-refractivity contribution in [1.29, 1.82) is 0 Å². The Bertz CT molecular complexity index is 1290. The van der Waals surface area contributed by atoms with Crippen LogP contribution in [0.15, 0.2) is 59.1 Å². The lowest BCUT2D eigenvalue weighted by molar-refractivity contribution is 0.262. The monoisotopic (exact) mass is 489 g/mol. The minimum absolute atomic E-state index is 0. The highest BCUT2D eigenvalue weighted by Gasteiger charge is 2.12. The number of carbonyl (C=O) groups excluding carboxylic acids is 1. The summed E-state index contributed by atoms with van der Waals surface area (Å²) in [6, 6.07) is 15.5. The summed E-state index contributed by atoms with van der Waals surface area (Å²) in [4.78, 5) is 12.2. The van der Waals surface area contributed by atoms with Crippen molar-refractivity contribution in [3.8, 4) is 23.0 Å². The first kappa shape index (κ1) is 24.0. The molecule has 0 bridgehead atoms. The zero-order valence-electron chi connectivity index (χ0n) is 18.0. The quantitative estimate of drug-likeness (QED) is 0.314. The fraction of sp³-hybridized carbons (Fsp3) is 0.130. The van der Waals surface area contributed by atoms with Crippen LogP contribution >= 0.6 is 24.0 Å². The molecule has 0 aliphatic heterocycles. The minimum Gasteiger partial charge on any atom is -0.493 e. The van der Waals surface area contributed by atoms with Gasteiger partial charge in [0.05, 0.1) is 24.9 Å². The number of halogens is 2. The van der Waals surface area contributed by atoms with E-state index in [4.69, 9.17) is 30.3 Å². The van der Waals surface area contributed by atoms with Crippen LogP contribution in [0.1, 0.15) is 5.76 Å². The minimum atomic E-state index is -0.496. The van der Waals surface area contributed by atoms with Crippen molar-refractivity contribution in [1.82, 2.24) is 5.16 Å². The van der Waals surface area contributed by atoms with Crippen molar-refractivity contribution in [3.63, 3.8) is 0 Å². The Morgan fingerprint density at radius 3 is 2.39 bits per heavy atom. The van der Waals surface area contributed by atoms with Crippen LogP contribution < -0.4 is 24.8 Å². The average Bonchev–Trinajstić information content (AvgIpc) is 3.19. The second kappa shape index (κ2) is 10.3. The fourth-order valence-corrected chi connectivity index (χ4v) is 3.36. The van der Waals surface area contributed by atoms with Gasteiger partial charge in [-0.15, -0.1) is 12.4 Å². The lowest BCUT2D eigenvalue weighted by Crippen LogP contribution is -2.19. The van der Waals surface area contributed by atoms with Crippen molar-refractivity contribution in [2.24, 2.45) is 0 Å². The molecule has 0 aliphatic carbocycles. The zero-order chi connectivity index (χ0) is 22.7. The van der Waals surface area contributed by atoms with Crippen LogP contribution in [0.2, 0.25) is 5.02 Å². The van der Waals surface area contributed by atoms with E-state index in [1.807, 2.05) is 30.3 Å². The van der Waals surface area contributed by atoms with E-state index >= 15 is 0 Å². The molecule has 0 fully saturated rings. The number of benzene rings is 3. The molecular formula is C23H21Cl2N3O5. The number of aryl methyl sites for hydroxylation is 1. The van der Waals surface area contributed by atoms with Crippen LogP contribution in [0.25, 0.3) is 10.8 Å². The Balaban J connectivity index is 0.00000306. The van der Waals surface area contributed by atoms with Gasteiger partial charge < -0.3 is 24.1 Å². The summed E-state index contributed by atoms with van der Waals surface area (Å²) >= 11 is 6.36. The summed E-state index contributed by atoms with van der Waals surface area (Å²) in [5.74, 6) is 3.26. The smallest absolute Gasteiger partial charge is 0.324 e. The number of anilines is 2. The van der Waals surface area contributed by atoms with E-state index in [0.717, 1.165) is 10.8 Å². The first-order valence-corrected chi connectivity index (χ1v) is 9.98. The van der Waals surface area contributed by atoms with Crippen molar-refractivity contribution in [2.45, 2.75) is 6.92 Å². The van der Waals surface area contributed by atoms with E-state index in [1.165, 1.54) is 0 Å². The number of ether oxygens (including phenoxy) is 3. The highest BCUT2D eigenvalue weighted by Crippen LogP contribution is 2.38. The standard InChI is InChI=1S/C23H20ClN3O5.ClH/c1-13-9-22(27-32-13)26-23(28)25-18-8-7-15(11-17(18)24)31-19-6-4-5-14-10-20(29-2)21(30-3)12-16(14)19;/h4-12H,1-3H3,(H2,25,26,27,28);1H. The summed E-state index contributed by atoms with van der Waals surface area (Å²) < 4.78 is 21.8. The molecule has 0 unspecified atom stereocenters. The first-order valence-electron chi connectivity index (χ1n) is 9.60. The molecule has 1 aromatic heterocycles. The second-order valence-electron chi connectivity index (χ2n) is 6.83. The highest BCUT2D eigenvalue weighted by atomic mass is 35.5. The molecule has 8 nitrogen and oxygen atoms in total. The average molecular weight is 490 g/mol. The molecule has 4 rings (SSSR count). The molecule has 3 aromatic carbocycles. The molecule has 0 atom stereocenters. The van der Waals surface area contributed by atoms with Gasteiger partial charge in [0.2, 0.25) is 0 Å². The summed E-state index contributed by atoms with van der Waals surface area (Å²) in [5.41, 5.74) is 0.418. The predicted molar refractivity (Wildman–Crippen MR) is 130 cm³/mol. The Morgan fingerprint density at radius 1 is 0.970 bits per heavy atom. The van der Waals surface area contributed by atoms with Gasteiger partial charge in [-0.3, -0.25) is 5.32 Å². The van der Waals surface area contributed by atoms with Gasteiger partial charge in [-0.05, 0) is 42.6 Å². The molecule has 172 valence electrons. The van der Waals surface area contributed by atoms with E-state index in [-0.39, 0.29) is 12.4 Å². The molecule has 0 spiro atoms. The van der Waals surface area contributed by atoms with Crippen LogP contribution in [-0.2, 0) is 0 Å². The number of fused-ring (bicyclic) bond motifs is 1. The summed E-state index contributed by atoms with van der Waals surface area (Å²) in [6.07, 6.45) is 0. The number of nitrogens with zero attached hydrogens (tertiary/aromatic N) is 1. The van der Waals surface area contributed by atoms with Crippen LogP contribution in [0.3, 0.4) is 0 Å². The van der Waals surface area contributed by atoms with Gasteiger partial charge in [-0.1, -0.05) is 28.9 Å². The van der Waals surface area contributed by atoms with Crippen molar-refractivity contribution in [2.75, 3.05) is 24.9 Å². The molecule has 0 radical (unpaired) electrons. The molecular weight excluding hydrogens is 469 g/mol. The SMILES string of the molecule is COc1cc2cccc(Oc3ccc(NC(=O)Nc4cc(C)on4)c(Cl)c3)c2cc1OC.Cl. The molecule has 2 N–H and O–H groups in total. The summed E-state index contributed by atoms with van der Waals surface area (Å²) in [6.45, 7) is 1.73. The normalized spacial score (nSPS) is 10.3. The van der Waals surface area contributed by atoms with Gasteiger partial charge >= 0.3 is 6.03 Å². The maximum absolute atomic E-state index is 12.2. The van der Waals surface area contributed by atoms with E-state index in [2.05, 4.69) is 15.8 Å². The van der Waals surface area contributed by atoms with Crippen molar-refractivity contribution >= 4 is 52.3 Å². The topological polar surface area (TPSA) is 94.9 Å². The van der Waals surface area contributed by atoms with Crippen LogP contribution in [-0.4, -0.2) is 25.4 Å². The number of methoxy groups -OCH3 is 2. The predicted octanol–water partition coefficient (Wildman–Crippen LogP) is 6.66. The van der Waals surface area contributed by atoms with Crippen LogP contribution in [0, 0.1) is 6.92 Å². The largest absolute Gasteiger partial charge is 0.493 e. The third-order valence-electron chi connectivity index (χ3n) is 4.63. The first-order chi connectivity index (χ1) is 15.5. The van der Waals surface area contributed by atoms with Gasteiger partial charge in [-0.2, -0.15) is 0 Å². The molecule has 0 saturated heterocycles. The number of hydrogen-bond donors (Lipinski definition) is 2. The molecule has 4 aromatic rings. The van der Waals surface area contributed by atoms with Gasteiger partial charge in [0, 0.05) is 17.5 Å². The maximum atomic E-state index is 12.2. The van der Waals surface area contributed by atoms with Gasteiger partial charge in [0.15, 0.2) is 17.3 Å². The molecule has 2 amide bonds. The van der Waals surface area contributed by atoms with E-state index in [9.17, 15) is 4.79 Å². The summed E-state index contributed by atoms with van der Waals surface area (Å²) in [5, 5.41) is 11.0. The summed E-state index contributed by atoms with van der Waals surface area (Å²) in [7, 11) is 3.17. The maximum Gasteiger partial charge on any atom is 0.324 e. The van der Waals surface area contributed by atoms with E-state index in [1.54, 1.807) is 45.4 Å². The number of carbonyl (C=O) groups is 1. The number of urea groups is 1. The molecule has 10 heteroatoms. The molecule has 1 heterocycles. The van der Waals surface area contributed by atoms with Crippen LogP contribution in [0.4, 0.5) is 16.3 Å².